The summed E-state index contributed by atoms with van der Waals surface area (Å²) in [5.41, 5.74) is 3.24. The minimum absolute atomic E-state index is 0.486. The molecule has 0 N–H and O–H groups in total. The van der Waals surface area contributed by atoms with Gasteiger partial charge in [0.1, 0.15) is 4.75 Å². The molecule has 0 bridgehead atoms. The second-order valence-corrected chi connectivity index (χ2v) is 8.48. The third kappa shape index (κ3) is 3.64. The van der Waals surface area contributed by atoms with Crippen LogP contribution in [0.25, 0.3) is 21.7 Å². The Balaban J connectivity index is 2.10. The Morgan fingerprint density at radius 3 is 2.09 bits per heavy atom. The Morgan fingerprint density at radius 1 is 0.957 bits per heavy atom. The molecule has 0 fully saturated rings. The Labute approximate surface area is 144 Å². The van der Waals surface area contributed by atoms with Crippen LogP contribution in [0.2, 0.25) is 0 Å². The van der Waals surface area contributed by atoms with Gasteiger partial charge in [-0.1, -0.05) is 72.4 Å². The maximum atomic E-state index is 9.27. The fourth-order valence-corrected chi connectivity index (χ4v) is 4.65. The SMILES string of the molecule is CC(C)(C#N)Sc1nc(-c2ccccc2)c(-c2ccccc2)s1. The van der Waals surface area contributed by atoms with Gasteiger partial charge in [-0.05, 0) is 19.4 Å². The largest absolute Gasteiger partial charge is 0.229 e. The Morgan fingerprint density at radius 2 is 1.52 bits per heavy atom. The van der Waals surface area contributed by atoms with E-state index in [2.05, 4.69) is 30.3 Å². The minimum atomic E-state index is -0.486. The molecule has 0 aliphatic carbocycles. The summed E-state index contributed by atoms with van der Waals surface area (Å²) < 4.78 is 0.439. The van der Waals surface area contributed by atoms with Crippen LogP contribution in [0.15, 0.2) is 65.0 Å². The summed E-state index contributed by atoms with van der Waals surface area (Å²) >= 11 is 3.17. The third-order valence-corrected chi connectivity index (χ3v) is 5.57. The summed E-state index contributed by atoms with van der Waals surface area (Å²) in [6, 6.07) is 22.8. The van der Waals surface area contributed by atoms with Crippen LogP contribution in [0.4, 0.5) is 0 Å². The lowest BCUT2D eigenvalue weighted by molar-refractivity contribution is 0.911. The quantitative estimate of drug-likeness (QED) is 0.559. The average Bonchev–Trinajstić information content (AvgIpc) is 2.99. The van der Waals surface area contributed by atoms with Crippen molar-refractivity contribution in [1.82, 2.24) is 4.98 Å². The van der Waals surface area contributed by atoms with Crippen LogP contribution in [0.1, 0.15) is 13.8 Å². The predicted molar refractivity (Wildman–Crippen MR) is 98.5 cm³/mol. The number of rotatable bonds is 4. The Hall–Kier alpha value is -2.09. The monoisotopic (exact) mass is 336 g/mol. The van der Waals surface area contributed by atoms with Crippen LogP contribution >= 0.6 is 23.1 Å². The van der Waals surface area contributed by atoms with Crippen molar-refractivity contribution in [2.75, 3.05) is 0 Å². The van der Waals surface area contributed by atoms with Crippen molar-refractivity contribution in [2.24, 2.45) is 0 Å². The molecule has 0 aliphatic heterocycles. The zero-order chi connectivity index (χ0) is 16.3. The van der Waals surface area contributed by atoms with Crippen LogP contribution in [0.5, 0.6) is 0 Å². The summed E-state index contributed by atoms with van der Waals surface area (Å²) in [6.07, 6.45) is 0. The number of nitrogens with zero attached hydrogens (tertiary/aromatic N) is 2. The highest BCUT2D eigenvalue weighted by Crippen LogP contribution is 2.43. The van der Waals surface area contributed by atoms with E-state index in [0.29, 0.717) is 0 Å². The molecule has 0 amide bonds. The van der Waals surface area contributed by atoms with E-state index in [9.17, 15) is 5.26 Å². The first-order valence-electron chi connectivity index (χ1n) is 7.31. The van der Waals surface area contributed by atoms with Crippen molar-refractivity contribution in [1.29, 1.82) is 5.26 Å². The lowest BCUT2D eigenvalue weighted by Gasteiger charge is -2.10. The molecule has 23 heavy (non-hydrogen) atoms. The molecule has 3 aromatic rings. The van der Waals surface area contributed by atoms with E-state index in [-0.39, 0.29) is 0 Å². The van der Waals surface area contributed by atoms with Crippen LogP contribution in [-0.2, 0) is 0 Å². The smallest absolute Gasteiger partial charge is 0.152 e. The van der Waals surface area contributed by atoms with E-state index in [0.717, 1.165) is 26.0 Å². The first-order chi connectivity index (χ1) is 11.1. The molecule has 0 atom stereocenters. The van der Waals surface area contributed by atoms with Gasteiger partial charge in [-0.15, -0.1) is 11.3 Å². The van der Waals surface area contributed by atoms with E-state index in [4.69, 9.17) is 4.98 Å². The molecule has 0 radical (unpaired) electrons. The van der Waals surface area contributed by atoms with Crippen LogP contribution < -0.4 is 0 Å². The molecule has 0 saturated heterocycles. The van der Waals surface area contributed by atoms with Crippen molar-refractivity contribution in [3.05, 3.63) is 60.7 Å². The number of nitriles is 1. The molecule has 0 saturated carbocycles. The van der Waals surface area contributed by atoms with Gasteiger partial charge in [0.15, 0.2) is 4.34 Å². The molecular weight excluding hydrogens is 320 g/mol. The highest BCUT2D eigenvalue weighted by Gasteiger charge is 2.23. The van der Waals surface area contributed by atoms with E-state index >= 15 is 0 Å². The Bertz CT molecular complexity index is 774. The van der Waals surface area contributed by atoms with Crippen molar-refractivity contribution in [3.63, 3.8) is 0 Å². The fraction of sp³-hybridized carbons (Fsp3) is 0.158. The Kier molecular flexibility index (Phi) is 4.51. The standard InChI is InChI=1S/C19H16N2S2/c1-19(2,13-20)23-18-21-16(14-9-5-3-6-10-14)17(22-18)15-11-7-4-8-12-15/h3-12H,1-2H3. The van der Waals surface area contributed by atoms with Gasteiger partial charge in [0.2, 0.25) is 0 Å². The first kappa shape index (κ1) is 15.8. The predicted octanol–water partition coefficient (Wildman–Crippen LogP) is 5.87. The lowest BCUT2D eigenvalue weighted by atomic mass is 10.1. The molecular formula is C19H16N2S2. The normalized spacial score (nSPS) is 11.2. The zero-order valence-electron chi connectivity index (χ0n) is 13.0. The molecule has 3 rings (SSSR count). The molecule has 2 nitrogen and oxygen atoms in total. The van der Waals surface area contributed by atoms with Crippen LogP contribution in [-0.4, -0.2) is 9.73 Å². The molecule has 1 aromatic heterocycles. The summed E-state index contributed by atoms with van der Waals surface area (Å²) in [5.74, 6) is 0. The summed E-state index contributed by atoms with van der Waals surface area (Å²) in [4.78, 5) is 5.97. The molecule has 1 heterocycles. The highest BCUT2D eigenvalue weighted by atomic mass is 32.2. The first-order valence-corrected chi connectivity index (χ1v) is 8.94. The molecule has 0 unspecified atom stereocenters. The molecule has 0 aliphatic rings. The van der Waals surface area contributed by atoms with Gasteiger partial charge in [0, 0.05) is 5.56 Å². The maximum Gasteiger partial charge on any atom is 0.152 e. The number of thioether (sulfide) groups is 1. The summed E-state index contributed by atoms with van der Waals surface area (Å²) in [7, 11) is 0. The molecule has 0 spiro atoms. The van der Waals surface area contributed by atoms with E-state index in [1.807, 2.05) is 50.2 Å². The van der Waals surface area contributed by atoms with Gasteiger partial charge in [0.25, 0.3) is 0 Å². The molecule has 114 valence electrons. The molecule has 2 aromatic carbocycles. The maximum absolute atomic E-state index is 9.27. The highest BCUT2D eigenvalue weighted by molar-refractivity contribution is 8.02. The van der Waals surface area contributed by atoms with Gasteiger partial charge >= 0.3 is 0 Å². The van der Waals surface area contributed by atoms with E-state index < -0.39 is 4.75 Å². The third-order valence-electron chi connectivity index (χ3n) is 3.30. The summed E-state index contributed by atoms with van der Waals surface area (Å²) in [5, 5.41) is 9.27. The van der Waals surface area contributed by atoms with Crippen molar-refractivity contribution >= 4 is 23.1 Å². The second kappa shape index (κ2) is 6.57. The molecule has 4 heteroatoms. The number of aromatic nitrogens is 1. The van der Waals surface area contributed by atoms with Gasteiger partial charge < -0.3 is 0 Å². The van der Waals surface area contributed by atoms with Gasteiger partial charge in [-0.2, -0.15) is 5.26 Å². The lowest BCUT2D eigenvalue weighted by Crippen LogP contribution is -2.09. The summed E-state index contributed by atoms with van der Waals surface area (Å²) in [6.45, 7) is 3.84. The van der Waals surface area contributed by atoms with Crippen LogP contribution in [0, 0.1) is 11.3 Å². The van der Waals surface area contributed by atoms with Crippen molar-refractivity contribution in [3.8, 4) is 27.8 Å². The van der Waals surface area contributed by atoms with E-state index in [1.165, 1.54) is 11.8 Å². The zero-order valence-corrected chi connectivity index (χ0v) is 14.6. The minimum Gasteiger partial charge on any atom is -0.229 e. The average molecular weight is 336 g/mol. The second-order valence-electron chi connectivity index (χ2n) is 5.61. The van der Waals surface area contributed by atoms with E-state index in [1.54, 1.807) is 11.3 Å². The van der Waals surface area contributed by atoms with Gasteiger partial charge in [-0.25, -0.2) is 4.98 Å². The number of benzene rings is 2. The number of hydrogen-bond donors (Lipinski definition) is 0. The topological polar surface area (TPSA) is 36.7 Å². The fourth-order valence-electron chi connectivity index (χ4n) is 2.16. The number of thiazole rings is 1. The van der Waals surface area contributed by atoms with Gasteiger partial charge in [0.05, 0.1) is 16.6 Å². The van der Waals surface area contributed by atoms with Crippen molar-refractivity contribution in [2.45, 2.75) is 22.9 Å². The number of hydrogen-bond acceptors (Lipinski definition) is 4. The van der Waals surface area contributed by atoms with Gasteiger partial charge in [-0.3, -0.25) is 0 Å². The van der Waals surface area contributed by atoms with Crippen LogP contribution in [0.3, 0.4) is 0 Å². The van der Waals surface area contributed by atoms with Crippen molar-refractivity contribution < 1.29 is 0 Å².